The van der Waals surface area contributed by atoms with Gasteiger partial charge in [-0.05, 0) is 70.7 Å². The van der Waals surface area contributed by atoms with Crippen LogP contribution < -0.4 is 26.6 Å². The molecule has 0 aliphatic carbocycles. The summed E-state index contributed by atoms with van der Waals surface area (Å²) in [5, 5.41) is 6.11. The van der Waals surface area contributed by atoms with Crippen LogP contribution in [0.1, 0.15) is 62.7 Å². The van der Waals surface area contributed by atoms with Crippen molar-refractivity contribution < 1.29 is 18.5 Å². The van der Waals surface area contributed by atoms with Crippen LogP contribution >= 0.6 is 41.4 Å². The van der Waals surface area contributed by atoms with E-state index in [1.165, 1.54) is 50.7 Å². The molecule has 1 aromatic heterocycles. The average molecular weight is 673 g/mol. The van der Waals surface area contributed by atoms with Crippen LogP contribution in [-0.4, -0.2) is 28.3 Å². The normalized spacial score (nSPS) is 10.1. The first-order chi connectivity index (χ1) is 19.2. The first-order valence-corrected chi connectivity index (χ1v) is 14.4. The molecule has 0 saturated heterocycles. The monoisotopic (exact) mass is 671 g/mol. The molecular weight excluding hydrogens is 636 g/mol. The average Bonchev–Trinajstić information content (AvgIpc) is 2.93. The zero-order valence-electron chi connectivity index (χ0n) is 22.9. The molecule has 0 aliphatic rings. The minimum absolute atomic E-state index is 0. The third-order valence-corrected chi connectivity index (χ3v) is 6.76. The number of carbonyl (C=O) groups is 2. The van der Waals surface area contributed by atoms with Gasteiger partial charge >= 0.3 is 0 Å². The number of benzene rings is 2. The number of anilines is 4. The van der Waals surface area contributed by atoms with Gasteiger partial charge in [-0.15, -0.1) is 4.48 Å². The van der Waals surface area contributed by atoms with Crippen molar-refractivity contribution in [1.82, 2.24) is 20.2 Å². The van der Waals surface area contributed by atoms with Crippen LogP contribution in [0, 0.1) is 5.82 Å². The minimum atomic E-state index is -0.867. The number of amides is 2. The third kappa shape index (κ3) is 13.5. The smallest absolute Gasteiger partial charge is 0.253 e. The lowest BCUT2D eigenvalue weighted by atomic mass is 10.1. The van der Waals surface area contributed by atoms with Crippen molar-refractivity contribution in [2.24, 2.45) is 5.73 Å². The van der Waals surface area contributed by atoms with Gasteiger partial charge in [0.1, 0.15) is 11.6 Å². The van der Waals surface area contributed by atoms with E-state index in [-0.39, 0.29) is 24.7 Å². The maximum absolute atomic E-state index is 14.1. The Bertz CT molecular complexity index is 1240. The quantitative estimate of drug-likeness (QED) is 0.0700. The molecule has 0 atom stereocenters. The topological polar surface area (TPSA) is 134 Å². The number of primary amides is 1. The Balaban J connectivity index is 0.00000129. The molecular formula is C27H36BrF2N7O2S2. The van der Waals surface area contributed by atoms with Crippen LogP contribution in [0.15, 0.2) is 58.0 Å². The molecule has 41 heavy (non-hydrogen) atoms. The van der Waals surface area contributed by atoms with E-state index < -0.39 is 17.6 Å². The number of halogens is 3. The lowest BCUT2D eigenvalue weighted by Gasteiger charge is -2.13. The maximum Gasteiger partial charge on any atom is 0.253 e. The SMILES string of the molecule is CC(=O)NF.CCCCCCCCNSc1ccc(Nc2ncc(Br)c(Nc3cccc(F)c3C(N)=O)n2)cc1.S. The predicted molar refractivity (Wildman–Crippen MR) is 170 cm³/mol. The largest absolute Gasteiger partial charge is 0.365 e. The Morgan fingerprint density at radius 3 is 2.32 bits per heavy atom. The van der Waals surface area contributed by atoms with Crippen molar-refractivity contribution in [2.45, 2.75) is 57.3 Å². The predicted octanol–water partition coefficient (Wildman–Crippen LogP) is 7.04. The third-order valence-electron chi connectivity index (χ3n) is 5.32. The number of nitrogens with two attached hydrogens (primary N) is 1. The zero-order chi connectivity index (χ0) is 29.3. The van der Waals surface area contributed by atoms with E-state index >= 15 is 0 Å². The van der Waals surface area contributed by atoms with Crippen molar-refractivity contribution in [1.29, 1.82) is 0 Å². The van der Waals surface area contributed by atoms with E-state index in [1.807, 2.05) is 24.3 Å². The molecule has 2 aromatic carbocycles. The van der Waals surface area contributed by atoms with Gasteiger partial charge in [0, 0.05) is 30.2 Å². The number of unbranched alkanes of at least 4 members (excludes halogenated alkanes) is 5. The lowest BCUT2D eigenvalue weighted by Crippen LogP contribution is -2.16. The first-order valence-electron chi connectivity index (χ1n) is 12.8. The molecule has 0 aliphatic heterocycles. The Hall–Kier alpha value is -2.94. The molecule has 224 valence electrons. The van der Waals surface area contributed by atoms with Gasteiger partial charge < -0.3 is 16.4 Å². The molecule has 9 nitrogen and oxygen atoms in total. The maximum atomic E-state index is 14.1. The second kappa shape index (κ2) is 20.0. The Morgan fingerprint density at radius 1 is 1.02 bits per heavy atom. The van der Waals surface area contributed by atoms with E-state index in [0.717, 1.165) is 29.6 Å². The van der Waals surface area contributed by atoms with E-state index in [9.17, 15) is 18.5 Å². The number of hydrogen-bond acceptors (Lipinski definition) is 8. The lowest BCUT2D eigenvalue weighted by molar-refractivity contribution is -0.123. The van der Waals surface area contributed by atoms with Crippen LogP contribution in [0.2, 0.25) is 0 Å². The highest BCUT2D eigenvalue weighted by atomic mass is 79.9. The number of rotatable bonds is 14. The summed E-state index contributed by atoms with van der Waals surface area (Å²) in [6.45, 7) is 4.32. The van der Waals surface area contributed by atoms with E-state index in [1.54, 1.807) is 24.2 Å². The van der Waals surface area contributed by atoms with Gasteiger partial charge in [0.15, 0.2) is 0 Å². The molecule has 14 heteroatoms. The standard InChI is InChI=1S/C25H30BrFN6OS.C2H4FNO.H2S/c1-2-3-4-5-6-7-15-30-35-18-13-11-17(12-14-18)31-25-29-16-19(26)24(33-25)32-21-10-8-9-20(27)22(21)23(28)34;1-2(5)4-3;/h8-14,16,30H,2-7,15H2,1H3,(H2,28,34)(H2,29,31,32,33);1H3,(H,4,5);1H2. The Kier molecular flexibility index (Phi) is 17.6. The van der Waals surface area contributed by atoms with Crippen LogP contribution in [0.3, 0.4) is 0 Å². The van der Waals surface area contributed by atoms with Gasteiger partial charge in [-0.25, -0.2) is 9.37 Å². The number of carbonyl (C=O) groups excluding carboxylic acids is 2. The van der Waals surface area contributed by atoms with E-state index in [0.29, 0.717) is 16.2 Å². The summed E-state index contributed by atoms with van der Waals surface area (Å²) < 4.78 is 28.5. The van der Waals surface area contributed by atoms with Gasteiger partial charge in [-0.3, -0.25) is 14.3 Å². The highest BCUT2D eigenvalue weighted by Gasteiger charge is 2.16. The number of nitrogens with zero attached hydrogens (tertiary/aromatic N) is 2. The Morgan fingerprint density at radius 2 is 1.68 bits per heavy atom. The summed E-state index contributed by atoms with van der Waals surface area (Å²) in [6.07, 6.45) is 9.26. The molecule has 0 bridgehead atoms. The fourth-order valence-electron chi connectivity index (χ4n) is 3.37. The van der Waals surface area contributed by atoms with Crippen LogP contribution in [0.4, 0.5) is 32.0 Å². The van der Waals surface area contributed by atoms with Gasteiger partial charge in [0.2, 0.25) is 11.9 Å². The number of aromatic nitrogens is 2. The minimum Gasteiger partial charge on any atom is -0.365 e. The second-order valence-electron chi connectivity index (χ2n) is 8.61. The highest BCUT2D eigenvalue weighted by Crippen LogP contribution is 2.28. The van der Waals surface area contributed by atoms with Gasteiger partial charge in [0.25, 0.3) is 5.91 Å². The fraction of sp³-hybridized carbons (Fsp3) is 0.333. The van der Waals surface area contributed by atoms with Gasteiger partial charge in [-0.1, -0.05) is 45.1 Å². The van der Waals surface area contributed by atoms with Crippen molar-refractivity contribution in [3.63, 3.8) is 0 Å². The molecule has 0 saturated carbocycles. The van der Waals surface area contributed by atoms with Gasteiger partial charge in [-0.2, -0.15) is 24.0 Å². The Labute approximate surface area is 258 Å². The number of hydrogen-bond donors (Lipinski definition) is 5. The van der Waals surface area contributed by atoms with Gasteiger partial charge in [0.05, 0.1) is 15.7 Å². The molecule has 0 unspecified atom stereocenters. The van der Waals surface area contributed by atoms with Crippen molar-refractivity contribution >= 4 is 76.3 Å². The second-order valence-corrected chi connectivity index (χ2v) is 10.4. The summed E-state index contributed by atoms with van der Waals surface area (Å²) in [7, 11) is 0. The summed E-state index contributed by atoms with van der Waals surface area (Å²) in [5.41, 5.74) is 7.04. The van der Waals surface area contributed by atoms with Crippen LogP contribution in [0.5, 0.6) is 0 Å². The van der Waals surface area contributed by atoms with Crippen molar-refractivity contribution in [3.8, 4) is 0 Å². The zero-order valence-corrected chi connectivity index (χ0v) is 26.3. The molecule has 0 fully saturated rings. The summed E-state index contributed by atoms with van der Waals surface area (Å²) in [5.74, 6) is -1.53. The van der Waals surface area contributed by atoms with Crippen molar-refractivity contribution in [3.05, 3.63) is 64.5 Å². The molecule has 2 amide bonds. The molecule has 3 rings (SSSR count). The first kappa shape index (κ1) is 36.1. The molecule has 3 aromatic rings. The molecule has 0 spiro atoms. The molecule has 0 radical (unpaired) electrons. The van der Waals surface area contributed by atoms with Crippen molar-refractivity contribution in [2.75, 3.05) is 17.2 Å². The van der Waals surface area contributed by atoms with E-state index in [4.69, 9.17) is 5.73 Å². The summed E-state index contributed by atoms with van der Waals surface area (Å²) in [6, 6.07) is 12.2. The molecule has 1 heterocycles. The summed E-state index contributed by atoms with van der Waals surface area (Å²) in [4.78, 5) is 30.8. The molecule has 6 N–H and O–H groups in total. The van der Waals surface area contributed by atoms with Crippen LogP contribution in [0.25, 0.3) is 0 Å². The number of nitrogens with one attached hydrogen (secondary N) is 4. The van der Waals surface area contributed by atoms with E-state index in [2.05, 4.69) is 48.2 Å². The van der Waals surface area contributed by atoms with Crippen LogP contribution in [-0.2, 0) is 4.79 Å². The highest BCUT2D eigenvalue weighted by molar-refractivity contribution is 9.10. The summed E-state index contributed by atoms with van der Waals surface area (Å²) >= 11 is 5.00. The fourth-order valence-corrected chi connectivity index (χ4v) is 4.34.